The lowest BCUT2D eigenvalue weighted by atomic mass is 10.2. The summed E-state index contributed by atoms with van der Waals surface area (Å²) < 4.78 is 5.26. The number of ether oxygens (including phenoxy) is 1. The van der Waals surface area contributed by atoms with Crippen LogP contribution in [0.5, 0.6) is 0 Å². The van der Waals surface area contributed by atoms with Gasteiger partial charge in [-0.1, -0.05) is 24.3 Å². The molecule has 0 saturated heterocycles. The van der Waals surface area contributed by atoms with Gasteiger partial charge in [0.05, 0.1) is 16.8 Å². The SMILES string of the molecule is Nc1ccc(C(=O)OCc2ccc3ccccc3n2)cc1. The van der Waals surface area contributed by atoms with Gasteiger partial charge >= 0.3 is 5.97 Å². The van der Waals surface area contributed by atoms with Crippen LogP contribution in [0.2, 0.25) is 0 Å². The number of rotatable bonds is 3. The van der Waals surface area contributed by atoms with Crippen molar-refractivity contribution in [3.63, 3.8) is 0 Å². The van der Waals surface area contributed by atoms with E-state index in [2.05, 4.69) is 4.98 Å². The number of hydrogen-bond donors (Lipinski definition) is 1. The fraction of sp³-hybridized carbons (Fsp3) is 0.0588. The first-order valence-electron chi connectivity index (χ1n) is 6.60. The number of fused-ring (bicyclic) bond motifs is 1. The number of nitrogens with zero attached hydrogens (tertiary/aromatic N) is 1. The maximum absolute atomic E-state index is 11.9. The summed E-state index contributed by atoms with van der Waals surface area (Å²) in [5.41, 5.74) is 8.28. The zero-order valence-electron chi connectivity index (χ0n) is 11.3. The number of pyridine rings is 1. The molecule has 0 fully saturated rings. The van der Waals surface area contributed by atoms with E-state index in [0.717, 1.165) is 16.6 Å². The van der Waals surface area contributed by atoms with Gasteiger partial charge in [-0.05, 0) is 36.4 Å². The zero-order valence-corrected chi connectivity index (χ0v) is 11.3. The number of benzene rings is 2. The third-order valence-corrected chi connectivity index (χ3v) is 3.15. The Morgan fingerprint density at radius 1 is 1.00 bits per heavy atom. The minimum absolute atomic E-state index is 0.147. The van der Waals surface area contributed by atoms with Gasteiger partial charge in [0.25, 0.3) is 0 Å². The van der Waals surface area contributed by atoms with Gasteiger partial charge in [-0.2, -0.15) is 0 Å². The predicted molar refractivity (Wildman–Crippen MR) is 81.7 cm³/mol. The van der Waals surface area contributed by atoms with Crippen LogP contribution in [0.15, 0.2) is 60.7 Å². The molecule has 1 heterocycles. The van der Waals surface area contributed by atoms with E-state index < -0.39 is 0 Å². The van der Waals surface area contributed by atoms with E-state index in [1.807, 2.05) is 36.4 Å². The van der Waals surface area contributed by atoms with Gasteiger partial charge in [-0.3, -0.25) is 0 Å². The van der Waals surface area contributed by atoms with Crippen molar-refractivity contribution >= 4 is 22.6 Å². The van der Waals surface area contributed by atoms with Crippen LogP contribution in [0.3, 0.4) is 0 Å². The molecule has 0 radical (unpaired) electrons. The third kappa shape index (κ3) is 3.00. The molecule has 0 atom stereocenters. The van der Waals surface area contributed by atoms with Crippen LogP contribution in [0.1, 0.15) is 16.1 Å². The smallest absolute Gasteiger partial charge is 0.338 e. The molecule has 2 N–H and O–H groups in total. The van der Waals surface area contributed by atoms with Gasteiger partial charge in [0.2, 0.25) is 0 Å². The zero-order chi connectivity index (χ0) is 14.7. The first-order valence-corrected chi connectivity index (χ1v) is 6.60. The van der Waals surface area contributed by atoms with Crippen LogP contribution in [0, 0.1) is 0 Å². The molecule has 0 aliphatic rings. The predicted octanol–water partition coefficient (Wildman–Crippen LogP) is 3.17. The molecule has 0 spiro atoms. The number of carbonyl (C=O) groups excluding carboxylic acids is 1. The Morgan fingerprint density at radius 3 is 2.57 bits per heavy atom. The van der Waals surface area contributed by atoms with Crippen molar-refractivity contribution in [2.24, 2.45) is 0 Å². The van der Waals surface area contributed by atoms with E-state index in [4.69, 9.17) is 10.5 Å². The number of carbonyl (C=O) groups is 1. The molecule has 104 valence electrons. The maximum atomic E-state index is 11.9. The Kier molecular flexibility index (Phi) is 3.51. The Morgan fingerprint density at radius 2 is 1.76 bits per heavy atom. The van der Waals surface area contributed by atoms with Gasteiger partial charge < -0.3 is 10.5 Å². The van der Waals surface area contributed by atoms with Gasteiger partial charge in [0.1, 0.15) is 6.61 Å². The molecule has 4 nitrogen and oxygen atoms in total. The number of anilines is 1. The highest BCUT2D eigenvalue weighted by atomic mass is 16.5. The van der Waals surface area contributed by atoms with Crippen LogP contribution >= 0.6 is 0 Å². The highest BCUT2D eigenvalue weighted by Crippen LogP contribution is 2.13. The number of esters is 1. The lowest BCUT2D eigenvalue weighted by Gasteiger charge is -2.06. The highest BCUT2D eigenvalue weighted by molar-refractivity contribution is 5.89. The van der Waals surface area contributed by atoms with E-state index >= 15 is 0 Å². The molecule has 0 unspecified atom stereocenters. The quantitative estimate of drug-likeness (QED) is 0.590. The Bertz CT molecular complexity index is 782. The summed E-state index contributed by atoms with van der Waals surface area (Å²) in [6, 6.07) is 18.3. The van der Waals surface area contributed by atoms with E-state index in [0.29, 0.717) is 11.3 Å². The number of nitrogen functional groups attached to an aromatic ring is 1. The number of hydrogen-bond acceptors (Lipinski definition) is 4. The largest absolute Gasteiger partial charge is 0.456 e. The first-order chi connectivity index (χ1) is 10.2. The normalized spacial score (nSPS) is 10.5. The number of para-hydroxylation sites is 1. The van der Waals surface area contributed by atoms with Crippen LogP contribution in [-0.4, -0.2) is 11.0 Å². The number of nitrogens with two attached hydrogens (primary N) is 1. The first kappa shape index (κ1) is 13.1. The fourth-order valence-electron chi connectivity index (χ4n) is 2.03. The van der Waals surface area contributed by atoms with Crippen LogP contribution < -0.4 is 5.73 Å². The van der Waals surface area contributed by atoms with Crippen molar-refractivity contribution in [1.82, 2.24) is 4.98 Å². The van der Waals surface area contributed by atoms with Crippen molar-refractivity contribution in [1.29, 1.82) is 0 Å². The second-order valence-corrected chi connectivity index (χ2v) is 4.69. The summed E-state index contributed by atoms with van der Waals surface area (Å²) >= 11 is 0. The topological polar surface area (TPSA) is 65.2 Å². The highest BCUT2D eigenvalue weighted by Gasteiger charge is 2.07. The third-order valence-electron chi connectivity index (χ3n) is 3.15. The fourth-order valence-corrected chi connectivity index (χ4v) is 2.03. The Hall–Kier alpha value is -2.88. The van der Waals surface area contributed by atoms with Gasteiger partial charge in [-0.15, -0.1) is 0 Å². The molecular formula is C17H14N2O2. The lowest BCUT2D eigenvalue weighted by Crippen LogP contribution is -2.06. The van der Waals surface area contributed by atoms with Crippen LogP contribution in [-0.2, 0) is 11.3 Å². The molecular weight excluding hydrogens is 264 g/mol. The van der Waals surface area contributed by atoms with Crippen molar-refractivity contribution in [2.75, 3.05) is 5.73 Å². The summed E-state index contributed by atoms with van der Waals surface area (Å²) in [5.74, 6) is -0.384. The molecule has 21 heavy (non-hydrogen) atoms. The Labute approximate surface area is 122 Å². The molecule has 0 saturated carbocycles. The Balaban J connectivity index is 1.71. The molecule has 0 aliphatic heterocycles. The maximum Gasteiger partial charge on any atom is 0.338 e. The molecule has 0 bridgehead atoms. The second-order valence-electron chi connectivity index (χ2n) is 4.69. The summed E-state index contributed by atoms with van der Waals surface area (Å²) in [4.78, 5) is 16.4. The number of aromatic nitrogens is 1. The average Bonchev–Trinajstić information content (AvgIpc) is 2.53. The van der Waals surface area contributed by atoms with Crippen molar-refractivity contribution in [2.45, 2.75) is 6.61 Å². The van der Waals surface area contributed by atoms with Gasteiger partial charge in [0, 0.05) is 11.1 Å². The molecule has 0 aliphatic carbocycles. The summed E-state index contributed by atoms with van der Waals surface area (Å²) in [7, 11) is 0. The van der Waals surface area contributed by atoms with E-state index in [1.165, 1.54) is 0 Å². The van der Waals surface area contributed by atoms with Crippen molar-refractivity contribution in [3.05, 3.63) is 71.9 Å². The van der Waals surface area contributed by atoms with E-state index in [1.54, 1.807) is 24.3 Å². The average molecular weight is 278 g/mol. The lowest BCUT2D eigenvalue weighted by molar-refractivity contribution is 0.0468. The summed E-state index contributed by atoms with van der Waals surface area (Å²) in [6.07, 6.45) is 0. The molecule has 2 aromatic carbocycles. The van der Waals surface area contributed by atoms with Crippen LogP contribution in [0.25, 0.3) is 10.9 Å². The van der Waals surface area contributed by atoms with Crippen molar-refractivity contribution in [3.8, 4) is 0 Å². The van der Waals surface area contributed by atoms with E-state index in [9.17, 15) is 4.79 Å². The minimum atomic E-state index is -0.384. The molecule has 0 amide bonds. The minimum Gasteiger partial charge on any atom is -0.456 e. The molecule has 3 rings (SSSR count). The molecule has 1 aromatic heterocycles. The summed E-state index contributed by atoms with van der Waals surface area (Å²) in [5, 5.41) is 1.06. The van der Waals surface area contributed by atoms with Gasteiger partial charge in [0.15, 0.2) is 0 Å². The molecule has 4 heteroatoms. The van der Waals surface area contributed by atoms with Gasteiger partial charge in [-0.25, -0.2) is 9.78 Å². The monoisotopic (exact) mass is 278 g/mol. The van der Waals surface area contributed by atoms with E-state index in [-0.39, 0.29) is 12.6 Å². The standard InChI is InChI=1S/C17H14N2O2/c18-14-8-5-13(6-9-14)17(20)21-11-15-10-7-12-3-1-2-4-16(12)19-15/h1-10H,11,18H2. The van der Waals surface area contributed by atoms with Crippen molar-refractivity contribution < 1.29 is 9.53 Å². The molecule has 3 aromatic rings. The van der Waals surface area contributed by atoms with Crippen LogP contribution in [0.4, 0.5) is 5.69 Å². The second kappa shape index (κ2) is 5.63. The summed E-state index contributed by atoms with van der Waals surface area (Å²) in [6.45, 7) is 0.147.